The van der Waals surface area contributed by atoms with Gasteiger partial charge in [0.05, 0.1) is 4.05 Å². The van der Waals surface area contributed by atoms with Crippen LogP contribution in [-0.4, -0.2) is 85.7 Å². The van der Waals surface area contributed by atoms with Gasteiger partial charge in [-0.25, -0.2) is 0 Å². The van der Waals surface area contributed by atoms with Crippen molar-refractivity contribution in [2.45, 2.75) is 36.2 Å². The highest BCUT2D eigenvalue weighted by atomic mass is 127. The molecule has 0 amide bonds. The van der Waals surface area contributed by atoms with Crippen LogP contribution in [0.1, 0.15) is 32.1 Å². The van der Waals surface area contributed by atoms with E-state index >= 15 is 0 Å². The maximum atomic E-state index is 3.59. The zero-order valence-corrected chi connectivity index (χ0v) is 16.4. The van der Waals surface area contributed by atoms with Crippen LogP contribution < -0.4 is 5.32 Å². The fourth-order valence-corrected chi connectivity index (χ4v) is 3.35. The number of rotatable bonds is 0. The molecule has 0 aromatic rings. The summed E-state index contributed by atoms with van der Waals surface area (Å²) in [6, 6.07) is 0. The van der Waals surface area contributed by atoms with E-state index in [2.05, 4.69) is 63.8 Å². The van der Waals surface area contributed by atoms with E-state index in [9.17, 15) is 0 Å². The van der Waals surface area contributed by atoms with Crippen molar-refractivity contribution in [1.29, 1.82) is 0 Å². The molecule has 0 radical (unpaired) electrons. The van der Waals surface area contributed by atoms with Crippen LogP contribution in [0.5, 0.6) is 0 Å². The van der Waals surface area contributed by atoms with E-state index in [-0.39, 0.29) is 0 Å². The maximum Gasteiger partial charge on any atom is 0.0628 e. The fourth-order valence-electron chi connectivity index (χ4n) is 2.76. The molecule has 0 saturated carbocycles. The Kier molecular flexibility index (Phi) is 11.3. The van der Waals surface area contributed by atoms with Crippen molar-refractivity contribution in [3.63, 3.8) is 0 Å². The second-order valence-corrected chi connectivity index (χ2v) is 7.91. The van der Waals surface area contributed by atoms with Crippen molar-refractivity contribution in [1.82, 2.24) is 20.0 Å². The molecule has 1 aliphatic heterocycles. The Labute approximate surface area is 145 Å². The standard InChI is InChI=1S/C16H35IN4/c1-19-11-4-5-12-20(2)14-7-15-21(3)16(17)8-10-18-9-6-13-19/h16,18H,4-15H2,1-3H3. The molecule has 1 N–H and O–H groups in total. The first-order valence-corrected chi connectivity index (χ1v) is 9.76. The van der Waals surface area contributed by atoms with Crippen LogP contribution in [0.3, 0.4) is 0 Å². The van der Waals surface area contributed by atoms with E-state index in [1.807, 2.05) is 0 Å². The van der Waals surface area contributed by atoms with Crippen LogP contribution in [0.2, 0.25) is 0 Å². The minimum Gasteiger partial charge on any atom is -0.317 e. The van der Waals surface area contributed by atoms with Crippen LogP contribution >= 0.6 is 22.6 Å². The van der Waals surface area contributed by atoms with Gasteiger partial charge in [0, 0.05) is 6.54 Å². The first-order valence-electron chi connectivity index (χ1n) is 8.51. The molecule has 1 saturated heterocycles. The highest BCUT2D eigenvalue weighted by Crippen LogP contribution is 2.10. The average Bonchev–Trinajstić information content (AvgIpc) is 2.46. The van der Waals surface area contributed by atoms with Gasteiger partial charge in [-0.3, -0.25) is 4.90 Å². The summed E-state index contributed by atoms with van der Waals surface area (Å²) in [6.45, 7) is 8.43. The topological polar surface area (TPSA) is 21.8 Å². The van der Waals surface area contributed by atoms with Gasteiger partial charge in [-0.05, 0) is 92.5 Å². The van der Waals surface area contributed by atoms with Crippen LogP contribution in [0.25, 0.3) is 0 Å². The van der Waals surface area contributed by atoms with Crippen LogP contribution in [0, 0.1) is 0 Å². The fraction of sp³-hybridized carbons (Fsp3) is 1.00. The lowest BCUT2D eigenvalue weighted by Gasteiger charge is -2.24. The van der Waals surface area contributed by atoms with Gasteiger partial charge in [-0.15, -0.1) is 0 Å². The molecule has 1 fully saturated rings. The molecule has 0 spiro atoms. The summed E-state index contributed by atoms with van der Waals surface area (Å²) in [4.78, 5) is 7.48. The Morgan fingerprint density at radius 1 is 0.762 bits per heavy atom. The molecule has 0 aromatic heterocycles. The third-order valence-corrected chi connectivity index (χ3v) is 5.89. The molecule has 126 valence electrons. The van der Waals surface area contributed by atoms with Crippen molar-refractivity contribution in [3.8, 4) is 0 Å². The summed E-state index contributed by atoms with van der Waals surface area (Å²) in [5, 5.41) is 3.59. The molecule has 0 bridgehead atoms. The minimum absolute atomic E-state index is 0.652. The SMILES string of the molecule is CN1CCCCN(C)CCCN(C)C(I)CCNCCC1. The lowest BCUT2D eigenvalue weighted by molar-refractivity contribution is 0.262. The zero-order chi connectivity index (χ0) is 15.5. The predicted molar refractivity (Wildman–Crippen MR) is 101 cm³/mol. The first-order chi connectivity index (χ1) is 10.1. The molecule has 1 rings (SSSR count). The van der Waals surface area contributed by atoms with E-state index in [4.69, 9.17) is 0 Å². The number of nitrogens with zero attached hydrogens (tertiary/aromatic N) is 3. The Morgan fingerprint density at radius 3 is 2.00 bits per heavy atom. The minimum atomic E-state index is 0.652. The van der Waals surface area contributed by atoms with Gasteiger partial charge in [0.15, 0.2) is 0 Å². The number of alkyl halides is 1. The number of nitrogens with one attached hydrogen (secondary N) is 1. The van der Waals surface area contributed by atoms with Crippen molar-refractivity contribution < 1.29 is 0 Å². The lowest BCUT2D eigenvalue weighted by Crippen LogP contribution is -2.33. The van der Waals surface area contributed by atoms with E-state index in [1.165, 1.54) is 64.8 Å². The molecule has 5 heteroatoms. The van der Waals surface area contributed by atoms with Gasteiger partial charge in [-0.2, -0.15) is 0 Å². The molecule has 1 atom stereocenters. The van der Waals surface area contributed by atoms with E-state index in [0.29, 0.717) is 4.05 Å². The van der Waals surface area contributed by atoms with E-state index < -0.39 is 0 Å². The van der Waals surface area contributed by atoms with Crippen molar-refractivity contribution in [2.75, 3.05) is 67.0 Å². The molecule has 1 unspecified atom stereocenters. The summed E-state index contributed by atoms with van der Waals surface area (Å²) >= 11 is 2.59. The Balaban J connectivity index is 2.34. The lowest BCUT2D eigenvalue weighted by atomic mass is 10.2. The first kappa shape index (κ1) is 19.6. The normalized spacial score (nSPS) is 28.3. The molecule has 1 aliphatic rings. The predicted octanol–water partition coefficient (Wildman–Crippen LogP) is 2.10. The van der Waals surface area contributed by atoms with Crippen molar-refractivity contribution >= 4 is 22.6 Å². The van der Waals surface area contributed by atoms with Crippen LogP contribution in [0.15, 0.2) is 0 Å². The Hall–Kier alpha value is 0.570. The molecular weight excluding hydrogens is 375 g/mol. The summed E-state index contributed by atoms with van der Waals surface area (Å²) in [5.74, 6) is 0. The van der Waals surface area contributed by atoms with Gasteiger partial charge in [0.25, 0.3) is 0 Å². The average molecular weight is 410 g/mol. The smallest absolute Gasteiger partial charge is 0.0628 e. The summed E-state index contributed by atoms with van der Waals surface area (Å²) in [7, 11) is 6.79. The molecule has 0 aromatic carbocycles. The van der Waals surface area contributed by atoms with Crippen molar-refractivity contribution in [3.05, 3.63) is 0 Å². The van der Waals surface area contributed by atoms with Gasteiger partial charge in [0.1, 0.15) is 0 Å². The van der Waals surface area contributed by atoms with Gasteiger partial charge in [0.2, 0.25) is 0 Å². The van der Waals surface area contributed by atoms with Gasteiger partial charge >= 0.3 is 0 Å². The Morgan fingerprint density at radius 2 is 1.33 bits per heavy atom. The second kappa shape index (κ2) is 12.0. The molecular formula is C16H35IN4. The third kappa shape index (κ3) is 10.0. The summed E-state index contributed by atoms with van der Waals surface area (Å²) in [5.41, 5.74) is 0. The van der Waals surface area contributed by atoms with Gasteiger partial charge in [-0.1, -0.05) is 22.6 Å². The highest BCUT2D eigenvalue weighted by molar-refractivity contribution is 14.1. The van der Waals surface area contributed by atoms with E-state index in [0.717, 1.165) is 13.1 Å². The van der Waals surface area contributed by atoms with Crippen molar-refractivity contribution in [2.24, 2.45) is 0 Å². The van der Waals surface area contributed by atoms with Crippen LogP contribution in [0.4, 0.5) is 0 Å². The number of hydrogen-bond acceptors (Lipinski definition) is 4. The third-order valence-electron chi connectivity index (χ3n) is 4.31. The number of hydrogen-bond donors (Lipinski definition) is 1. The number of halogens is 1. The molecule has 1 heterocycles. The Bertz CT molecular complexity index is 252. The molecule has 0 aliphatic carbocycles. The van der Waals surface area contributed by atoms with Crippen LogP contribution in [-0.2, 0) is 0 Å². The highest BCUT2D eigenvalue weighted by Gasteiger charge is 2.10. The van der Waals surface area contributed by atoms with E-state index in [1.54, 1.807) is 0 Å². The zero-order valence-electron chi connectivity index (χ0n) is 14.3. The molecule has 4 nitrogen and oxygen atoms in total. The largest absolute Gasteiger partial charge is 0.317 e. The summed E-state index contributed by atoms with van der Waals surface area (Å²) in [6.07, 6.45) is 6.43. The monoisotopic (exact) mass is 410 g/mol. The molecule has 21 heavy (non-hydrogen) atoms. The van der Waals surface area contributed by atoms with Gasteiger partial charge < -0.3 is 15.1 Å². The summed E-state index contributed by atoms with van der Waals surface area (Å²) < 4.78 is 0.652. The maximum absolute atomic E-state index is 3.59. The second-order valence-electron chi connectivity index (χ2n) is 6.47. The quantitative estimate of drug-likeness (QED) is 0.375.